The Morgan fingerprint density at radius 1 is 1.11 bits per heavy atom. The molecule has 90 valence electrons. The standard InChI is InChI=1S/C14H13N3S/c1-2-6-15-12(4-1)11(13-5-3-9-18-13)10-14-16-7-8-17-14/h1-9,11H,10H2,(H,16,17). The zero-order valence-corrected chi connectivity index (χ0v) is 10.6. The molecule has 1 atom stereocenters. The lowest BCUT2D eigenvalue weighted by atomic mass is 9.98. The molecule has 0 aromatic carbocycles. The Morgan fingerprint density at radius 3 is 2.78 bits per heavy atom. The van der Waals surface area contributed by atoms with Gasteiger partial charge in [0.2, 0.25) is 0 Å². The largest absolute Gasteiger partial charge is 0.349 e. The van der Waals surface area contributed by atoms with Crippen LogP contribution in [0.3, 0.4) is 0 Å². The highest BCUT2D eigenvalue weighted by Crippen LogP contribution is 2.29. The number of nitrogens with one attached hydrogen (secondary N) is 1. The molecule has 0 aliphatic rings. The molecule has 1 unspecified atom stereocenters. The van der Waals surface area contributed by atoms with Crippen LogP contribution in [-0.4, -0.2) is 15.0 Å². The normalized spacial score (nSPS) is 12.4. The highest BCUT2D eigenvalue weighted by molar-refractivity contribution is 7.10. The van der Waals surface area contributed by atoms with E-state index in [1.165, 1.54) is 4.88 Å². The van der Waals surface area contributed by atoms with Gasteiger partial charge in [0, 0.05) is 41.5 Å². The van der Waals surface area contributed by atoms with E-state index in [1.807, 2.05) is 24.5 Å². The van der Waals surface area contributed by atoms with Crippen LogP contribution >= 0.6 is 11.3 Å². The molecule has 4 heteroatoms. The number of nitrogens with zero attached hydrogens (tertiary/aromatic N) is 2. The van der Waals surface area contributed by atoms with E-state index >= 15 is 0 Å². The second-order valence-corrected chi connectivity index (χ2v) is 5.04. The Balaban J connectivity index is 1.94. The molecule has 3 rings (SSSR count). The Bertz CT molecular complexity index is 573. The van der Waals surface area contributed by atoms with Crippen molar-refractivity contribution >= 4 is 11.3 Å². The number of aromatic amines is 1. The summed E-state index contributed by atoms with van der Waals surface area (Å²) in [4.78, 5) is 13.3. The molecule has 3 aromatic heterocycles. The summed E-state index contributed by atoms with van der Waals surface area (Å²) >= 11 is 1.77. The van der Waals surface area contributed by atoms with Crippen LogP contribution in [0.5, 0.6) is 0 Å². The van der Waals surface area contributed by atoms with E-state index in [2.05, 4.69) is 38.5 Å². The molecule has 3 nitrogen and oxygen atoms in total. The van der Waals surface area contributed by atoms with Crippen molar-refractivity contribution in [3.63, 3.8) is 0 Å². The zero-order valence-electron chi connectivity index (χ0n) is 9.78. The quantitative estimate of drug-likeness (QED) is 0.777. The SMILES string of the molecule is c1ccc(C(Cc2ncc[nH]2)c2cccs2)nc1. The van der Waals surface area contributed by atoms with Crippen LogP contribution in [0, 0.1) is 0 Å². The maximum Gasteiger partial charge on any atom is 0.107 e. The smallest absolute Gasteiger partial charge is 0.107 e. The Hall–Kier alpha value is -1.94. The number of hydrogen-bond donors (Lipinski definition) is 1. The summed E-state index contributed by atoms with van der Waals surface area (Å²) in [5.41, 5.74) is 1.09. The predicted octanol–water partition coefficient (Wildman–Crippen LogP) is 3.24. The van der Waals surface area contributed by atoms with Crippen LogP contribution in [0.2, 0.25) is 0 Å². The van der Waals surface area contributed by atoms with E-state index in [0.29, 0.717) is 0 Å². The fourth-order valence-electron chi connectivity index (χ4n) is 2.03. The van der Waals surface area contributed by atoms with Crippen LogP contribution < -0.4 is 0 Å². The van der Waals surface area contributed by atoms with Gasteiger partial charge in [0.1, 0.15) is 5.82 Å². The first-order valence-corrected chi connectivity index (χ1v) is 6.74. The molecule has 0 saturated heterocycles. The topological polar surface area (TPSA) is 41.6 Å². The van der Waals surface area contributed by atoms with Gasteiger partial charge in [-0.25, -0.2) is 4.98 Å². The van der Waals surface area contributed by atoms with E-state index in [9.17, 15) is 0 Å². The molecule has 0 amide bonds. The van der Waals surface area contributed by atoms with Gasteiger partial charge >= 0.3 is 0 Å². The van der Waals surface area contributed by atoms with Crippen LogP contribution in [0.1, 0.15) is 22.3 Å². The number of H-pyrrole nitrogens is 1. The second-order valence-electron chi connectivity index (χ2n) is 4.06. The summed E-state index contributed by atoms with van der Waals surface area (Å²) in [6.07, 6.45) is 6.35. The molecule has 0 bridgehead atoms. The van der Waals surface area contributed by atoms with Gasteiger partial charge in [0.15, 0.2) is 0 Å². The van der Waals surface area contributed by atoms with Crippen LogP contribution in [0.15, 0.2) is 54.3 Å². The van der Waals surface area contributed by atoms with Crippen molar-refractivity contribution in [1.29, 1.82) is 0 Å². The van der Waals surface area contributed by atoms with Crippen LogP contribution in [0.4, 0.5) is 0 Å². The van der Waals surface area contributed by atoms with Gasteiger partial charge < -0.3 is 4.98 Å². The van der Waals surface area contributed by atoms with Crippen molar-refractivity contribution in [2.24, 2.45) is 0 Å². The average molecular weight is 255 g/mol. The van der Waals surface area contributed by atoms with E-state index in [0.717, 1.165) is 17.9 Å². The number of thiophene rings is 1. The molecule has 3 aromatic rings. The summed E-state index contributed by atoms with van der Waals surface area (Å²) in [7, 11) is 0. The van der Waals surface area contributed by atoms with Crippen molar-refractivity contribution < 1.29 is 0 Å². The summed E-state index contributed by atoms with van der Waals surface area (Å²) < 4.78 is 0. The van der Waals surface area contributed by atoms with Gasteiger partial charge in [-0.2, -0.15) is 0 Å². The summed E-state index contributed by atoms with van der Waals surface area (Å²) in [6.45, 7) is 0. The monoisotopic (exact) mass is 255 g/mol. The lowest BCUT2D eigenvalue weighted by Crippen LogP contribution is -2.06. The minimum absolute atomic E-state index is 0.275. The molecule has 3 heterocycles. The summed E-state index contributed by atoms with van der Waals surface area (Å²) in [5.74, 6) is 1.27. The lowest BCUT2D eigenvalue weighted by molar-refractivity contribution is 0.754. The molecular weight excluding hydrogens is 242 g/mol. The maximum absolute atomic E-state index is 4.48. The van der Waals surface area contributed by atoms with Crippen molar-refractivity contribution in [3.8, 4) is 0 Å². The van der Waals surface area contributed by atoms with Crippen molar-refractivity contribution in [1.82, 2.24) is 15.0 Å². The molecule has 0 saturated carbocycles. The molecule has 0 fully saturated rings. The lowest BCUT2D eigenvalue weighted by Gasteiger charge is -2.13. The van der Waals surface area contributed by atoms with E-state index < -0.39 is 0 Å². The number of imidazole rings is 1. The van der Waals surface area contributed by atoms with E-state index in [-0.39, 0.29) is 5.92 Å². The van der Waals surface area contributed by atoms with Crippen LogP contribution in [-0.2, 0) is 6.42 Å². The summed E-state index contributed by atoms with van der Waals surface area (Å²) in [5, 5.41) is 2.10. The zero-order chi connectivity index (χ0) is 12.2. The molecule has 0 spiro atoms. The number of aromatic nitrogens is 3. The highest BCUT2D eigenvalue weighted by atomic mass is 32.1. The first-order chi connectivity index (χ1) is 8.93. The van der Waals surface area contributed by atoms with Gasteiger partial charge in [-0.15, -0.1) is 11.3 Å². The highest BCUT2D eigenvalue weighted by Gasteiger charge is 2.18. The molecule has 1 N–H and O–H groups in total. The third kappa shape index (κ3) is 2.33. The Morgan fingerprint density at radius 2 is 2.11 bits per heavy atom. The van der Waals surface area contributed by atoms with Crippen LogP contribution in [0.25, 0.3) is 0 Å². The molecule has 18 heavy (non-hydrogen) atoms. The molecule has 0 aliphatic carbocycles. The van der Waals surface area contributed by atoms with Gasteiger partial charge in [-0.1, -0.05) is 12.1 Å². The first-order valence-electron chi connectivity index (χ1n) is 5.86. The Kier molecular flexibility index (Phi) is 3.19. The van der Waals surface area contributed by atoms with Crippen molar-refractivity contribution in [2.45, 2.75) is 12.3 Å². The number of pyridine rings is 1. The minimum atomic E-state index is 0.275. The third-order valence-corrected chi connectivity index (χ3v) is 3.87. The van der Waals surface area contributed by atoms with Gasteiger partial charge in [-0.05, 0) is 23.6 Å². The predicted molar refractivity (Wildman–Crippen MR) is 72.7 cm³/mol. The van der Waals surface area contributed by atoms with Gasteiger partial charge in [0.25, 0.3) is 0 Å². The maximum atomic E-state index is 4.48. The van der Waals surface area contributed by atoms with Gasteiger partial charge in [0.05, 0.1) is 0 Å². The second kappa shape index (κ2) is 5.14. The molecule has 0 aliphatic heterocycles. The van der Waals surface area contributed by atoms with E-state index in [4.69, 9.17) is 0 Å². The minimum Gasteiger partial charge on any atom is -0.349 e. The number of rotatable bonds is 4. The number of hydrogen-bond acceptors (Lipinski definition) is 3. The Labute approximate surface area is 110 Å². The fourth-order valence-corrected chi connectivity index (χ4v) is 2.87. The fraction of sp³-hybridized carbons (Fsp3) is 0.143. The molecular formula is C14H13N3S. The van der Waals surface area contributed by atoms with Crippen molar-refractivity contribution in [2.75, 3.05) is 0 Å². The molecule has 0 radical (unpaired) electrons. The van der Waals surface area contributed by atoms with E-state index in [1.54, 1.807) is 17.5 Å². The van der Waals surface area contributed by atoms with Gasteiger partial charge in [-0.3, -0.25) is 4.98 Å². The summed E-state index contributed by atoms with van der Waals surface area (Å²) in [6, 6.07) is 10.3. The third-order valence-electron chi connectivity index (χ3n) is 2.88. The first kappa shape index (κ1) is 11.2. The average Bonchev–Trinajstić information content (AvgIpc) is 3.10. The van der Waals surface area contributed by atoms with Crippen molar-refractivity contribution in [3.05, 3.63) is 70.7 Å².